The highest BCUT2D eigenvalue weighted by atomic mass is 35.5. The molecule has 2 aromatic heterocycles. The van der Waals surface area contributed by atoms with Crippen LogP contribution in [0.1, 0.15) is 35.1 Å². The van der Waals surface area contributed by atoms with E-state index in [1.807, 2.05) is 48.4 Å². The van der Waals surface area contributed by atoms with E-state index in [0.29, 0.717) is 23.3 Å². The number of rotatable bonds is 4. The molecule has 1 aliphatic carbocycles. The van der Waals surface area contributed by atoms with Gasteiger partial charge < -0.3 is 14.5 Å². The third-order valence-electron chi connectivity index (χ3n) is 4.36. The van der Waals surface area contributed by atoms with E-state index in [4.69, 9.17) is 11.6 Å². The minimum Gasteiger partial charge on any atom is -0.345 e. The third kappa shape index (κ3) is 2.61. The molecule has 0 aliphatic heterocycles. The maximum absolute atomic E-state index is 12.5. The van der Waals surface area contributed by atoms with Gasteiger partial charge in [0.25, 0.3) is 5.91 Å². The Kier molecular flexibility index (Phi) is 3.38. The molecule has 2 heterocycles. The number of hydrogen-bond donors (Lipinski definition) is 1. The number of carbonyl (C=O) groups excluding carboxylic acids is 1. The number of aromatic nitrogens is 3. The van der Waals surface area contributed by atoms with E-state index in [1.165, 1.54) is 12.8 Å². The van der Waals surface area contributed by atoms with Crippen molar-refractivity contribution in [1.29, 1.82) is 0 Å². The molecule has 4 rings (SSSR count). The van der Waals surface area contributed by atoms with Gasteiger partial charge in [0.2, 0.25) is 0 Å². The van der Waals surface area contributed by atoms with Crippen LogP contribution >= 0.6 is 11.6 Å². The van der Waals surface area contributed by atoms with Gasteiger partial charge in [0, 0.05) is 35.2 Å². The fourth-order valence-electron chi connectivity index (χ4n) is 2.93. The van der Waals surface area contributed by atoms with Crippen molar-refractivity contribution in [2.75, 3.05) is 0 Å². The standard InChI is InChI=1S/C17H17ClN4O/c1-21-15-7-12(18)3-2-11(15)6-16(21)17(23)20-9-14-8-19-10-22(14)13-4-5-13/h2-3,6-8,10,13H,4-5,9H2,1H3,(H,20,23). The van der Waals surface area contributed by atoms with E-state index in [9.17, 15) is 4.79 Å². The molecule has 1 aromatic carbocycles. The summed E-state index contributed by atoms with van der Waals surface area (Å²) in [6.07, 6.45) is 6.06. The lowest BCUT2D eigenvalue weighted by molar-refractivity contribution is 0.0942. The SMILES string of the molecule is Cn1c(C(=O)NCc2cncn2C2CC2)cc2ccc(Cl)cc21. The average Bonchev–Trinajstić information content (AvgIpc) is 3.19. The number of halogens is 1. The zero-order chi connectivity index (χ0) is 16.0. The lowest BCUT2D eigenvalue weighted by Gasteiger charge is -2.09. The van der Waals surface area contributed by atoms with Gasteiger partial charge in [0.05, 0.1) is 18.6 Å². The van der Waals surface area contributed by atoms with Gasteiger partial charge in [-0.1, -0.05) is 17.7 Å². The number of carbonyl (C=O) groups is 1. The fraction of sp³-hybridized carbons (Fsp3) is 0.294. The van der Waals surface area contributed by atoms with E-state index in [2.05, 4.69) is 14.9 Å². The van der Waals surface area contributed by atoms with Crippen LogP contribution in [0.25, 0.3) is 10.9 Å². The predicted octanol–water partition coefficient (Wildman–Crippen LogP) is 3.29. The monoisotopic (exact) mass is 328 g/mol. The lowest BCUT2D eigenvalue weighted by atomic mass is 10.2. The topological polar surface area (TPSA) is 51.9 Å². The Balaban J connectivity index is 1.55. The first-order valence-corrected chi connectivity index (χ1v) is 8.05. The molecule has 1 saturated carbocycles. The first-order chi connectivity index (χ1) is 11.1. The summed E-state index contributed by atoms with van der Waals surface area (Å²) in [5.41, 5.74) is 2.62. The molecule has 0 spiro atoms. The molecule has 0 radical (unpaired) electrons. The zero-order valence-electron chi connectivity index (χ0n) is 12.8. The summed E-state index contributed by atoms with van der Waals surface area (Å²) in [5, 5.41) is 4.66. The average molecular weight is 329 g/mol. The highest BCUT2D eigenvalue weighted by molar-refractivity contribution is 6.31. The Morgan fingerprint density at radius 1 is 1.39 bits per heavy atom. The van der Waals surface area contributed by atoms with Crippen LogP contribution in [0, 0.1) is 0 Å². The number of imidazole rings is 1. The molecular formula is C17H17ClN4O. The number of aryl methyl sites for hydroxylation is 1. The van der Waals surface area contributed by atoms with Crippen LogP contribution in [0.3, 0.4) is 0 Å². The van der Waals surface area contributed by atoms with Crippen molar-refractivity contribution in [3.8, 4) is 0 Å². The fourth-order valence-corrected chi connectivity index (χ4v) is 3.10. The second-order valence-corrected chi connectivity index (χ2v) is 6.43. The van der Waals surface area contributed by atoms with Crippen LogP contribution < -0.4 is 5.32 Å². The van der Waals surface area contributed by atoms with E-state index < -0.39 is 0 Å². The minimum absolute atomic E-state index is 0.0941. The lowest BCUT2D eigenvalue weighted by Crippen LogP contribution is -2.25. The van der Waals surface area contributed by atoms with E-state index in [1.54, 1.807) is 0 Å². The van der Waals surface area contributed by atoms with Crippen LogP contribution in [-0.2, 0) is 13.6 Å². The van der Waals surface area contributed by atoms with Crippen molar-refractivity contribution < 1.29 is 4.79 Å². The quantitative estimate of drug-likeness (QED) is 0.799. The number of fused-ring (bicyclic) bond motifs is 1. The van der Waals surface area contributed by atoms with Crippen LogP contribution in [0.15, 0.2) is 36.8 Å². The van der Waals surface area contributed by atoms with Crippen molar-refractivity contribution in [1.82, 2.24) is 19.4 Å². The maximum Gasteiger partial charge on any atom is 0.268 e. The van der Waals surface area contributed by atoms with E-state index in [-0.39, 0.29) is 5.91 Å². The first kappa shape index (κ1) is 14.3. The predicted molar refractivity (Wildman–Crippen MR) is 89.6 cm³/mol. The summed E-state index contributed by atoms with van der Waals surface area (Å²) in [6, 6.07) is 8.08. The van der Waals surface area contributed by atoms with E-state index in [0.717, 1.165) is 16.6 Å². The molecule has 1 N–H and O–H groups in total. The van der Waals surface area contributed by atoms with Crippen molar-refractivity contribution in [2.24, 2.45) is 7.05 Å². The third-order valence-corrected chi connectivity index (χ3v) is 4.59. The Morgan fingerprint density at radius 2 is 2.22 bits per heavy atom. The minimum atomic E-state index is -0.0941. The Hall–Kier alpha value is -2.27. The molecule has 6 heteroatoms. The van der Waals surface area contributed by atoms with Crippen molar-refractivity contribution in [3.63, 3.8) is 0 Å². The molecule has 118 valence electrons. The van der Waals surface area contributed by atoms with E-state index >= 15 is 0 Å². The smallest absolute Gasteiger partial charge is 0.268 e. The van der Waals surface area contributed by atoms with Gasteiger partial charge in [0.15, 0.2) is 0 Å². The van der Waals surface area contributed by atoms with Crippen LogP contribution in [-0.4, -0.2) is 20.0 Å². The van der Waals surface area contributed by atoms with Gasteiger partial charge in [0.1, 0.15) is 5.69 Å². The summed E-state index contributed by atoms with van der Waals surface area (Å²) in [7, 11) is 1.88. The number of hydrogen-bond acceptors (Lipinski definition) is 2. The van der Waals surface area contributed by atoms with Crippen molar-refractivity contribution in [3.05, 3.63) is 53.2 Å². The molecule has 0 saturated heterocycles. The second kappa shape index (κ2) is 5.42. The van der Waals surface area contributed by atoms with Gasteiger partial charge >= 0.3 is 0 Å². The molecule has 3 aromatic rings. The molecular weight excluding hydrogens is 312 g/mol. The van der Waals surface area contributed by atoms with Crippen LogP contribution in [0.2, 0.25) is 5.02 Å². The molecule has 1 fully saturated rings. The molecule has 23 heavy (non-hydrogen) atoms. The number of nitrogens with zero attached hydrogens (tertiary/aromatic N) is 3. The summed E-state index contributed by atoms with van der Waals surface area (Å²) in [5.74, 6) is -0.0941. The summed E-state index contributed by atoms with van der Waals surface area (Å²) < 4.78 is 4.02. The zero-order valence-corrected chi connectivity index (χ0v) is 13.5. The molecule has 0 bridgehead atoms. The molecule has 5 nitrogen and oxygen atoms in total. The summed E-state index contributed by atoms with van der Waals surface area (Å²) in [6.45, 7) is 0.484. The maximum atomic E-state index is 12.5. The van der Waals surface area contributed by atoms with Crippen molar-refractivity contribution in [2.45, 2.75) is 25.4 Å². The highest BCUT2D eigenvalue weighted by Crippen LogP contribution is 2.35. The summed E-state index contributed by atoms with van der Waals surface area (Å²) >= 11 is 6.04. The largest absolute Gasteiger partial charge is 0.345 e. The van der Waals surface area contributed by atoms with Crippen LogP contribution in [0.4, 0.5) is 0 Å². The van der Waals surface area contributed by atoms with Gasteiger partial charge in [-0.3, -0.25) is 4.79 Å². The molecule has 1 aliphatic rings. The van der Waals surface area contributed by atoms with Gasteiger partial charge in [-0.2, -0.15) is 0 Å². The number of nitrogens with one attached hydrogen (secondary N) is 1. The molecule has 0 atom stereocenters. The number of benzene rings is 1. The Bertz CT molecular complexity index is 891. The van der Waals surface area contributed by atoms with Crippen LogP contribution in [0.5, 0.6) is 0 Å². The number of amides is 1. The van der Waals surface area contributed by atoms with Gasteiger partial charge in [-0.05, 0) is 31.0 Å². The van der Waals surface area contributed by atoms with Gasteiger partial charge in [-0.25, -0.2) is 4.98 Å². The van der Waals surface area contributed by atoms with Crippen molar-refractivity contribution >= 4 is 28.4 Å². The van der Waals surface area contributed by atoms with Gasteiger partial charge in [-0.15, -0.1) is 0 Å². The second-order valence-electron chi connectivity index (χ2n) is 6.00. The Morgan fingerprint density at radius 3 is 3.00 bits per heavy atom. The Labute approximate surface area is 138 Å². The summed E-state index contributed by atoms with van der Waals surface area (Å²) in [4.78, 5) is 16.7. The molecule has 1 amide bonds. The first-order valence-electron chi connectivity index (χ1n) is 7.67. The highest BCUT2D eigenvalue weighted by Gasteiger charge is 2.25. The normalized spacial score (nSPS) is 14.3. The molecule has 0 unspecified atom stereocenters.